The predicted octanol–water partition coefficient (Wildman–Crippen LogP) is 2.74. The molecule has 1 aromatic rings. The lowest BCUT2D eigenvalue weighted by Crippen LogP contribution is -2.48. The SMILES string of the molecule is CC1CN(CC2CCN(c3nnc(C4CC4)s3)CC2)CC(C)O1. The maximum Gasteiger partial charge on any atom is 0.208 e. The van der Waals surface area contributed by atoms with Gasteiger partial charge >= 0.3 is 0 Å². The van der Waals surface area contributed by atoms with E-state index in [4.69, 9.17) is 4.74 Å². The van der Waals surface area contributed by atoms with E-state index in [-0.39, 0.29) is 0 Å². The van der Waals surface area contributed by atoms with Gasteiger partial charge in [-0.05, 0) is 45.4 Å². The summed E-state index contributed by atoms with van der Waals surface area (Å²) >= 11 is 1.82. The smallest absolute Gasteiger partial charge is 0.208 e. The van der Waals surface area contributed by atoms with E-state index in [2.05, 4.69) is 33.8 Å². The number of anilines is 1. The van der Waals surface area contributed by atoms with E-state index in [0.29, 0.717) is 12.2 Å². The second-order valence-corrected chi connectivity index (χ2v) is 8.59. The average Bonchev–Trinajstić information content (AvgIpc) is 3.25. The molecular weight excluding hydrogens is 308 g/mol. The van der Waals surface area contributed by atoms with Gasteiger partial charge in [-0.2, -0.15) is 0 Å². The molecule has 0 amide bonds. The highest BCUT2D eigenvalue weighted by molar-refractivity contribution is 7.15. The Morgan fingerprint density at radius 1 is 1.04 bits per heavy atom. The molecule has 23 heavy (non-hydrogen) atoms. The molecule has 3 aliphatic rings. The zero-order valence-corrected chi connectivity index (χ0v) is 15.1. The second kappa shape index (κ2) is 6.65. The van der Waals surface area contributed by atoms with Crippen LogP contribution in [0.25, 0.3) is 0 Å². The predicted molar refractivity (Wildman–Crippen MR) is 93.3 cm³/mol. The van der Waals surface area contributed by atoms with Crippen molar-refractivity contribution in [3.63, 3.8) is 0 Å². The molecule has 0 spiro atoms. The van der Waals surface area contributed by atoms with E-state index in [9.17, 15) is 0 Å². The number of hydrogen-bond donors (Lipinski definition) is 0. The van der Waals surface area contributed by atoms with Crippen LogP contribution in [-0.2, 0) is 4.74 Å². The van der Waals surface area contributed by atoms with E-state index in [1.54, 1.807) is 0 Å². The first kappa shape index (κ1) is 15.8. The molecule has 2 saturated heterocycles. The molecule has 2 aliphatic heterocycles. The lowest BCUT2D eigenvalue weighted by atomic mass is 9.96. The van der Waals surface area contributed by atoms with Gasteiger partial charge in [-0.1, -0.05) is 11.3 Å². The quantitative estimate of drug-likeness (QED) is 0.846. The molecule has 0 bridgehead atoms. The van der Waals surface area contributed by atoms with Crippen molar-refractivity contribution in [2.24, 2.45) is 5.92 Å². The molecule has 1 aromatic heterocycles. The van der Waals surface area contributed by atoms with Crippen molar-refractivity contribution in [3.8, 4) is 0 Å². The number of rotatable bonds is 4. The van der Waals surface area contributed by atoms with Crippen molar-refractivity contribution >= 4 is 16.5 Å². The molecular formula is C17H28N4OS. The summed E-state index contributed by atoms with van der Waals surface area (Å²) in [5.74, 6) is 1.55. The van der Waals surface area contributed by atoms with Gasteiger partial charge in [0, 0.05) is 38.6 Å². The average molecular weight is 337 g/mol. The van der Waals surface area contributed by atoms with Gasteiger partial charge in [-0.15, -0.1) is 10.2 Å². The lowest BCUT2D eigenvalue weighted by molar-refractivity contribution is -0.0720. The Balaban J connectivity index is 1.27. The van der Waals surface area contributed by atoms with Crippen molar-refractivity contribution in [2.75, 3.05) is 37.6 Å². The third-order valence-electron chi connectivity index (χ3n) is 5.25. The normalized spacial score (nSPS) is 30.8. The molecule has 0 aromatic carbocycles. The van der Waals surface area contributed by atoms with E-state index in [0.717, 1.165) is 43.1 Å². The molecule has 6 heteroatoms. The molecule has 0 radical (unpaired) electrons. The molecule has 5 nitrogen and oxygen atoms in total. The Bertz CT molecular complexity index is 514. The summed E-state index contributed by atoms with van der Waals surface area (Å²) in [7, 11) is 0. The monoisotopic (exact) mass is 336 g/mol. The molecule has 2 atom stereocenters. The Labute approximate surface area is 143 Å². The molecule has 4 rings (SSSR count). The second-order valence-electron chi connectivity index (χ2n) is 7.60. The van der Waals surface area contributed by atoms with Crippen LogP contribution in [0.5, 0.6) is 0 Å². The van der Waals surface area contributed by atoms with Crippen molar-refractivity contribution in [1.29, 1.82) is 0 Å². The summed E-state index contributed by atoms with van der Waals surface area (Å²) in [4.78, 5) is 5.06. The lowest BCUT2D eigenvalue weighted by Gasteiger charge is -2.39. The van der Waals surface area contributed by atoms with Gasteiger partial charge < -0.3 is 9.64 Å². The van der Waals surface area contributed by atoms with Crippen molar-refractivity contribution in [1.82, 2.24) is 15.1 Å². The van der Waals surface area contributed by atoms with Crippen molar-refractivity contribution in [3.05, 3.63) is 5.01 Å². The molecule has 0 N–H and O–H groups in total. The summed E-state index contributed by atoms with van der Waals surface area (Å²) in [5.41, 5.74) is 0. The Morgan fingerprint density at radius 2 is 1.74 bits per heavy atom. The summed E-state index contributed by atoms with van der Waals surface area (Å²) in [6.07, 6.45) is 5.93. The van der Waals surface area contributed by atoms with Crippen LogP contribution in [0.1, 0.15) is 50.5 Å². The van der Waals surface area contributed by atoms with Gasteiger partial charge in [-0.3, -0.25) is 4.90 Å². The number of ether oxygens (including phenoxy) is 1. The number of aromatic nitrogens is 2. The van der Waals surface area contributed by atoms with Crippen LogP contribution in [0, 0.1) is 5.92 Å². The third-order valence-corrected chi connectivity index (χ3v) is 6.40. The first-order valence-corrected chi connectivity index (χ1v) is 9.95. The maximum atomic E-state index is 5.84. The van der Waals surface area contributed by atoms with Crippen molar-refractivity contribution in [2.45, 2.75) is 57.7 Å². The zero-order valence-electron chi connectivity index (χ0n) is 14.3. The van der Waals surface area contributed by atoms with Gasteiger partial charge in [0.2, 0.25) is 5.13 Å². The largest absolute Gasteiger partial charge is 0.373 e. The zero-order chi connectivity index (χ0) is 15.8. The van der Waals surface area contributed by atoms with Crippen LogP contribution in [0.3, 0.4) is 0 Å². The van der Waals surface area contributed by atoms with Crippen LogP contribution >= 0.6 is 11.3 Å². The fraction of sp³-hybridized carbons (Fsp3) is 0.882. The minimum absolute atomic E-state index is 0.376. The molecule has 1 saturated carbocycles. The fourth-order valence-corrected chi connectivity index (χ4v) is 5.02. The Hall–Kier alpha value is -0.720. The minimum Gasteiger partial charge on any atom is -0.373 e. The summed E-state index contributed by atoms with van der Waals surface area (Å²) in [6, 6.07) is 0. The molecule has 128 valence electrons. The highest BCUT2D eigenvalue weighted by Crippen LogP contribution is 2.42. The topological polar surface area (TPSA) is 41.5 Å². The van der Waals surface area contributed by atoms with Gasteiger partial charge in [-0.25, -0.2) is 0 Å². The van der Waals surface area contributed by atoms with Gasteiger partial charge in [0.05, 0.1) is 12.2 Å². The van der Waals surface area contributed by atoms with E-state index >= 15 is 0 Å². The van der Waals surface area contributed by atoms with Crippen LogP contribution < -0.4 is 4.90 Å². The fourth-order valence-electron chi connectivity index (χ4n) is 3.95. The van der Waals surface area contributed by atoms with E-state index < -0.39 is 0 Å². The Morgan fingerprint density at radius 3 is 2.39 bits per heavy atom. The van der Waals surface area contributed by atoms with Gasteiger partial charge in [0.1, 0.15) is 5.01 Å². The highest BCUT2D eigenvalue weighted by Gasteiger charge is 2.30. The first-order valence-electron chi connectivity index (χ1n) is 9.13. The van der Waals surface area contributed by atoms with Crippen LogP contribution in [0.2, 0.25) is 0 Å². The number of nitrogens with zero attached hydrogens (tertiary/aromatic N) is 4. The highest BCUT2D eigenvalue weighted by atomic mass is 32.1. The minimum atomic E-state index is 0.376. The molecule has 2 unspecified atom stereocenters. The molecule has 3 heterocycles. The van der Waals surface area contributed by atoms with Crippen LogP contribution in [-0.4, -0.2) is 60.0 Å². The van der Waals surface area contributed by atoms with Crippen molar-refractivity contribution < 1.29 is 4.74 Å². The van der Waals surface area contributed by atoms with Gasteiger partial charge in [0.15, 0.2) is 0 Å². The number of piperidine rings is 1. The molecule has 1 aliphatic carbocycles. The Kier molecular flexibility index (Phi) is 4.56. The van der Waals surface area contributed by atoms with E-state index in [1.165, 1.54) is 37.2 Å². The maximum absolute atomic E-state index is 5.84. The number of morpholine rings is 1. The first-order chi connectivity index (χ1) is 11.2. The molecule has 3 fully saturated rings. The van der Waals surface area contributed by atoms with Crippen LogP contribution in [0.15, 0.2) is 0 Å². The van der Waals surface area contributed by atoms with Gasteiger partial charge in [0.25, 0.3) is 0 Å². The standard InChI is InChI=1S/C17H28N4OS/c1-12-9-20(10-13(2)22-12)11-14-5-7-21(8-6-14)17-19-18-16(23-17)15-3-4-15/h12-15H,3-11H2,1-2H3. The summed E-state index contributed by atoms with van der Waals surface area (Å²) in [6.45, 7) is 10.1. The number of hydrogen-bond acceptors (Lipinski definition) is 6. The third kappa shape index (κ3) is 3.86. The summed E-state index contributed by atoms with van der Waals surface area (Å²) in [5, 5.41) is 11.2. The van der Waals surface area contributed by atoms with E-state index in [1.807, 2.05) is 11.3 Å². The van der Waals surface area contributed by atoms with Crippen LogP contribution in [0.4, 0.5) is 5.13 Å². The summed E-state index contributed by atoms with van der Waals surface area (Å²) < 4.78 is 5.84.